The molecule has 0 fully saturated rings. The third-order valence-electron chi connectivity index (χ3n) is 2.74. The van der Waals surface area contributed by atoms with Gasteiger partial charge in [-0.2, -0.15) is 0 Å². The number of amides is 1. The van der Waals surface area contributed by atoms with Crippen LogP contribution >= 0.6 is 23.2 Å². The Kier molecular flexibility index (Phi) is 4.82. The van der Waals surface area contributed by atoms with Crippen LogP contribution in [0.25, 0.3) is 0 Å². The number of aromatic nitrogens is 1. The lowest BCUT2D eigenvalue weighted by Crippen LogP contribution is -2.25. The van der Waals surface area contributed by atoms with E-state index in [-0.39, 0.29) is 17.2 Å². The fourth-order valence-corrected chi connectivity index (χ4v) is 2.21. The van der Waals surface area contributed by atoms with Crippen molar-refractivity contribution in [2.45, 2.75) is 6.42 Å². The third kappa shape index (κ3) is 3.62. The van der Waals surface area contributed by atoms with E-state index in [0.717, 1.165) is 5.56 Å². The highest BCUT2D eigenvalue weighted by Gasteiger charge is 2.10. The standard InChI is InChI=1S/C14H12Cl2N2O2/c15-10-2-1-9(12(16)7-10)3-6-18-14(20)11-4-5-17-8-13(11)19/h1-2,4-5,7-8,19H,3,6H2,(H,18,20). The van der Waals surface area contributed by atoms with Gasteiger partial charge in [-0.05, 0) is 30.2 Å². The van der Waals surface area contributed by atoms with Gasteiger partial charge in [0.2, 0.25) is 0 Å². The summed E-state index contributed by atoms with van der Waals surface area (Å²) in [4.78, 5) is 15.6. The van der Waals surface area contributed by atoms with Crippen LogP contribution in [0.4, 0.5) is 0 Å². The summed E-state index contributed by atoms with van der Waals surface area (Å²) in [5, 5.41) is 13.4. The molecule has 1 amide bonds. The molecule has 1 aromatic heterocycles. The number of aromatic hydroxyl groups is 1. The number of hydrogen-bond donors (Lipinski definition) is 2. The van der Waals surface area contributed by atoms with Gasteiger partial charge in [-0.15, -0.1) is 0 Å². The van der Waals surface area contributed by atoms with Crippen molar-refractivity contribution in [2.24, 2.45) is 0 Å². The van der Waals surface area contributed by atoms with E-state index >= 15 is 0 Å². The molecule has 0 bridgehead atoms. The van der Waals surface area contributed by atoms with Crippen molar-refractivity contribution in [2.75, 3.05) is 6.54 Å². The molecule has 1 heterocycles. The number of carbonyl (C=O) groups is 1. The highest BCUT2D eigenvalue weighted by Crippen LogP contribution is 2.21. The molecule has 0 aliphatic rings. The van der Waals surface area contributed by atoms with E-state index in [1.54, 1.807) is 12.1 Å². The molecular formula is C14H12Cl2N2O2. The number of carbonyl (C=O) groups excluding carboxylic acids is 1. The topological polar surface area (TPSA) is 62.2 Å². The maximum absolute atomic E-state index is 11.8. The lowest BCUT2D eigenvalue weighted by Gasteiger charge is -2.08. The second-order valence-electron chi connectivity index (χ2n) is 4.13. The molecule has 0 unspecified atom stereocenters. The number of rotatable bonds is 4. The van der Waals surface area contributed by atoms with Crippen molar-refractivity contribution in [3.05, 3.63) is 57.8 Å². The minimum absolute atomic E-state index is 0.144. The van der Waals surface area contributed by atoms with Crippen molar-refractivity contribution < 1.29 is 9.90 Å². The lowest BCUT2D eigenvalue weighted by molar-refractivity contribution is 0.0951. The first-order valence-corrected chi connectivity index (χ1v) is 6.68. The molecule has 1 aromatic carbocycles. The monoisotopic (exact) mass is 310 g/mol. The normalized spacial score (nSPS) is 10.3. The second kappa shape index (κ2) is 6.59. The van der Waals surface area contributed by atoms with Gasteiger partial charge in [-0.25, -0.2) is 0 Å². The van der Waals surface area contributed by atoms with Gasteiger partial charge < -0.3 is 10.4 Å². The fourth-order valence-electron chi connectivity index (χ4n) is 1.71. The second-order valence-corrected chi connectivity index (χ2v) is 4.98. The van der Waals surface area contributed by atoms with Gasteiger partial charge in [0.05, 0.1) is 11.8 Å². The Morgan fingerprint density at radius 2 is 2.10 bits per heavy atom. The molecule has 0 saturated heterocycles. The van der Waals surface area contributed by atoms with E-state index in [9.17, 15) is 9.90 Å². The molecule has 0 aliphatic carbocycles. The zero-order valence-electron chi connectivity index (χ0n) is 10.4. The van der Waals surface area contributed by atoms with Crippen LogP contribution < -0.4 is 5.32 Å². The highest BCUT2D eigenvalue weighted by atomic mass is 35.5. The maximum atomic E-state index is 11.8. The quantitative estimate of drug-likeness (QED) is 0.912. The molecule has 0 saturated carbocycles. The molecule has 0 atom stereocenters. The zero-order valence-corrected chi connectivity index (χ0v) is 11.9. The minimum Gasteiger partial charge on any atom is -0.505 e. The molecule has 2 N–H and O–H groups in total. The average molecular weight is 311 g/mol. The first-order valence-electron chi connectivity index (χ1n) is 5.93. The molecule has 0 aliphatic heterocycles. The molecule has 0 spiro atoms. The summed E-state index contributed by atoms with van der Waals surface area (Å²) in [6, 6.07) is 6.69. The van der Waals surface area contributed by atoms with Crippen LogP contribution in [-0.4, -0.2) is 22.5 Å². The highest BCUT2D eigenvalue weighted by molar-refractivity contribution is 6.35. The summed E-state index contributed by atoms with van der Waals surface area (Å²) < 4.78 is 0. The number of hydrogen-bond acceptors (Lipinski definition) is 3. The van der Waals surface area contributed by atoms with Gasteiger partial charge in [0.25, 0.3) is 5.91 Å². The predicted octanol–water partition coefficient (Wildman–Crippen LogP) is 3.07. The number of benzene rings is 1. The summed E-state index contributed by atoms with van der Waals surface area (Å²) >= 11 is 11.9. The Morgan fingerprint density at radius 1 is 1.30 bits per heavy atom. The van der Waals surface area contributed by atoms with Crippen molar-refractivity contribution in [3.8, 4) is 5.75 Å². The first kappa shape index (κ1) is 14.6. The minimum atomic E-state index is -0.352. The molecule has 104 valence electrons. The molecule has 2 rings (SSSR count). The fraction of sp³-hybridized carbons (Fsp3) is 0.143. The SMILES string of the molecule is O=C(NCCc1ccc(Cl)cc1Cl)c1ccncc1O. The van der Waals surface area contributed by atoms with Crippen molar-refractivity contribution in [1.29, 1.82) is 0 Å². The molecule has 4 nitrogen and oxygen atoms in total. The van der Waals surface area contributed by atoms with Crippen LogP contribution in [0.5, 0.6) is 5.75 Å². The molecular weight excluding hydrogens is 299 g/mol. The van der Waals surface area contributed by atoms with Gasteiger partial charge in [0.15, 0.2) is 0 Å². The Bertz CT molecular complexity index is 632. The van der Waals surface area contributed by atoms with Crippen LogP contribution in [0, 0.1) is 0 Å². The molecule has 20 heavy (non-hydrogen) atoms. The van der Waals surface area contributed by atoms with Gasteiger partial charge in [0, 0.05) is 22.8 Å². The smallest absolute Gasteiger partial charge is 0.255 e. The summed E-state index contributed by atoms with van der Waals surface area (Å²) in [5.74, 6) is -0.496. The van der Waals surface area contributed by atoms with Crippen LogP contribution in [-0.2, 0) is 6.42 Å². The van der Waals surface area contributed by atoms with Crippen molar-refractivity contribution in [3.63, 3.8) is 0 Å². The molecule has 6 heteroatoms. The number of nitrogens with one attached hydrogen (secondary N) is 1. The van der Waals surface area contributed by atoms with E-state index in [1.165, 1.54) is 18.5 Å². The number of halogens is 2. The third-order valence-corrected chi connectivity index (χ3v) is 3.33. The van der Waals surface area contributed by atoms with Crippen LogP contribution in [0.2, 0.25) is 10.0 Å². The van der Waals surface area contributed by atoms with Crippen molar-refractivity contribution >= 4 is 29.1 Å². The Hall–Kier alpha value is -1.78. The van der Waals surface area contributed by atoms with E-state index in [2.05, 4.69) is 10.3 Å². The molecule has 0 radical (unpaired) electrons. The van der Waals surface area contributed by atoms with Gasteiger partial charge in [0.1, 0.15) is 5.75 Å². The lowest BCUT2D eigenvalue weighted by atomic mass is 10.1. The van der Waals surface area contributed by atoms with E-state index in [4.69, 9.17) is 23.2 Å². The average Bonchev–Trinajstić information content (AvgIpc) is 2.41. The van der Waals surface area contributed by atoms with Gasteiger partial charge >= 0.3 is 0 Å². The largest absolute Gasteiger partial charge is 0.505 e. The van der Waals surface area contributed by atoms with Crippen LogP contribution in [0.1, 0.15) is 15.9 Å². The summed E-state index contributed by atoms with van der Waals surface area (Å²) in [7, 11) is 0. The van der Waals surface area contributed by atoms with Crippen LogP contribution in [0.15, 0.2) is 36.7 Å². The first-order chi connectivity index (χ1) is 9.58. The van der Waals surface area contributed by atoms with Gasteiger partial charge in [-0.3, -0.25) is 9.78 Å². The van der Waals surface area contributed by atoms with E-state index < -0.39 is 0 Å². The number of pyridine rings is 1. The number of nitrogens with zero attached hydrogens (tertiary/aromatic N) is 1. The van der Waals surface area contributed by atoms with E-state index in [1.807, 2.05) is 6.07 Å². The van der Waals surface area contributed by atoms with Gasteiger partial charge in [-0.1, -0.05) is 29.3 Å². The van der Waals surface area contributed by atoms with Crippen LogP contribution in [0.3, 0.4) is 0 Å². The molecule has 2 aromatic rings. The Balaban J connectivity index is 1.93. The zero-order chi connectivity index (χ0) is 14.5. The summed E-state index contributed by atoms with van der Waals surface area (Å²) in [6.07, 6.45) is 3.25. The van der Waals surface area contributed by atoms with Crippen molar-refractivity contribution in [1.82, 2.24) is 10.3 Å². The Labute approximate surface area is 126 Å². The summed E-state index contributed by atoms with van der Waals surface area (Å²) in [5.41, 5.74) is 1.09. The Morgan fingerprint density at radius 3 is 2.80 bits per heavy atom. The predicted molar refractivity (Wildman–Crippen MR) is 78.4 cm³/mol. The maximum Gasteiger partial charge on any atom is 0.255 e. The summed E-state index contributed by atoms with van der Waals surface area (Å²) in [6.45, 7) is 0.405. The van der Waals surface area contributed by atoms with E-state index in [0.29, 0.717) is 23.0 Å².